The molecule has 0 aromatic carbocycles. The van der Waals surface area contributed by atoms with Crippen molar-refractivity contribution in [3.8, 4) is 0 Å². The summed E-state index contributed by atoms with van der Waals surface area (Å²) in [6, 6.07) is 6.13. The Labute approximate surface area is 106 Å². The van der Waals surface area contributed by atoms with E-state index in [-0.39, 0.29) is 0 Å². The number of pyridine rings is 1. The summed E-state index contributed by atoms with van der Waals surface area (Å²) in [6.45, 7) is 2.24. The highest BCUT2D eigenvalue weighted by molar-refractivity contribution is 6.27. The van der Waals surface area contributed by atoms with Gasteiger partial charge in [-0.05, 0) is 25.0 Å². The van der Waals surface area contributed by atoms with E-state index < -0.39 is 11.9 Å². The van der Waals surface area contributed by atoms with Crippen molar-refractivity contribution in [3.05, 3.63) is 30.1 Å². The van der Waals surface area contributed by atoms with Gasteiger partial charge in [0, 0.05) is 11.9 Å². The molecule has 100 valence electrons. The molecule has 0 bridgehead atoms. The minimum absolute atomic E-state index is 1.14. The molecule has 0 saturated carbocycles. The normalized spacial score (nSPS) is 9.17. The third-order valence-corrected chi connectivity index (χ3v) is 2.20. The van der Waals surface area contributed by atoms with Crippen molar-refractivity contribution >= 4 is 11.9 Å². The SMILES string of the molecule is CCCCCCc1ccccn1.O=C(O)C(=O)O. The average molecular weight is 253 g/mol. The largest absolute Gasteiger partial charge is 0.473 e. The summed E-state index contributed by atoms with van der Waals surface area (Å²) >= 11 is 0. The van der Waals surface area contributed by atoms with Gasteiger partial charge in [0.15, 0.2) is 0 Å². The Morgan fingerprint density at radius 1 is 1.11 bits per heavy atom. The Kier molecular flexibility index (Phi) is 9.17. The molecule has 0 aliphatic heterocycles. The van der Waals surface area contributed by atoms with Gasteiger partial charge in [0.05, 0.1) is 0 Å². The van der Waals surface area contributed by atoms with Gasteiger partial charge in [-0.1, -0.05) is 32.3 Å². The summed E-state index contributed by atoms with van der Waals surface area (Å²) in [4.78, 5) is 22.5. The third-order valence-electron chi connectivity index (χ3n) is 2.20. The second-order valence-electron chi connectivity index (χ2n) is 3.74. The number of hydrogen-bond acceptors (Lipinski definition) is 3. The molecule has 0 aliphatic rings. The molecular weight excluding hydrogens is 234 g/mol. The van der Waals surface area contributed by atoms with Crippen molar-refractivity contribution in [2.45, 2.75) is 39.0 Å². The van der Waals surface area contributed by atoms with Crippen molar-refractivity contribution < 1.29 is 19.8 Å². The Hall–Kier alpha value is -1.91. The first-order valence-electron chi connectivity index (χ1n) is 5.94. The molecule has 0 radical (unpaired) electrons. The zero-order valence-corrected chi connectivity index (χ0v) is 10.5. The van der Waals surface area contributed by atoms with Crippen molar-refractivity contribution in [2.75, 3.05) is 0 Å². The van der Waals surface area contributed by atoms with Crippen LogP contribution in [0.5, 0.6) is 0 Å². The second kappa shape index (κ2) is 10.3. The summed E-state index contributed by atoms with van der Waals surface area (Å²) in [7, 11) is 0. The molecule has 5 heteroatoms. The summed E-state index contributed by atoms with van der Waals surface area (Å²) in [5.41, 5.74) is 1.23. The van der Waals surface area contributed by atoms with Crippen LogP contribution in [-0.4, -0.2) is 27.1 Å². The summed E-state index contributed by atoms with van der Waals surface area (Å²) in [5.74, 6) is -3.65. The van der Waals surface area contributed by atoms with Crippen LogP contribution in [0.3, 0.4) is 0 Å². The average Bonchev–Trinajstić information content (AvgIpc) is 2.36. The Balaban J connectivity index is 0.000000411. The maximum Gasteiger partial charge on any atom is 0.414 e. The van der Waals surface area contributed by atoms with Gasteiger partial charge in [0.25, 0.3) is 0 Å². The third kappa shape index (κ3) is 9.33. The fraction of sp³-hybridized carbons (Fsp3) is 0.462. The lowest BCUT2D eigenvalue weighted by Gasteiger charge is -1.98. The minimum atomic E-state index is -1.82. The molecule has 1 aromatic rings. The highest BCUT2D eigenvalue weighted by Gasteiger charge is 2.04. The number of carboxylic acids is 2. The first-order chi connectivity index (χ1) is 8.57. The molecule has 5 nitrogen and oxygen atoms in total. The predicted octanol–water partition coefficient (Wildman–Crippen LogP) is 2.36. The van der Waals surface area contributed by atoms with E-state index in [0.29, 0.717) is 0 Å². The van der Waals surface area contributed by atoms with Crippen LogP contribution in [0.25, 0.3) is 0 Å². The molecular formula is C13H19NO4. The van der Waals surface area contributed by atoms with Crippen LogP contribution < -0.4 is 0 Å². The van der Waals surface area contributed by atoms with Gasteiger partial charge in [0.1, 0.15) is 0 Å². The van der Waals surface area contributed by atoms with Crippen LogP contribution in [0.1, 0.15) is 38.3 Å². The van der Waals surface area contributed by atoms with Gasteiger partial charge in [0.2, 0.25) is 0 Å². The standard InChI is InChI=1S/C11H17N.C2H2O4/c1-2-3-4-5-8-11-9-6-7-10-12-11;3-1(4)2(5)6/h6-7,9-10H,2-5,8H2,1H3;(H,3,4)(H,5,6). The maximum atomic E-state index is 9.10. The highest BCUT2D eigenvalue weighted by atomic mass is 16.4. The molecule has 0 unspecified atom stereocenters. The fourth-order valence-corrected chi connectivity index (χ4v) is 1.28. The number of aromatic nitrogens is 1. The number of aryl methyl sites for hydroxylation is 1. The number of aliphatic carboxylic acids is 2. The van der Waals surface area contributed by atoms with E-state index in [1.807, 2.05) is 12.3 Å². The fourth-order valence-electron chi connectivity index (χ4n) is 1.28. The summed E-state index contributed by atoms with van der Waals surface area (Å²) in [5, 5.41) is 14.8. The Morgan fingerprint density at radius 2 is 1.78 bits per heavy atom. The van der Waals surface area contributed by atoms with E-state index in [2.05, 4.69) is 24.0 Å². The summed E-state index contributed by atoms with van der Waals surface area (Å²) < 4.78 is 0. The van der Waals surface area contributed by atoms with E-state index in [1.54, 1.807) is 0 Å². The number of carbonyl (C=O) groups is 2. The Morgan fingerprint density at radius 3 is 2.22 bits per heavy atom. The molecule has 18 heavy (non-hydrogen) atoms. The smallest absolute Gasteiger partial charge is 0.414 e. The lowest BCUT2D eigenvalue weighted by Crippen LogP contribution is -2.09. The van der Waals surface area contributed by atoms with Gasteiger partial charge in [-0.2, -0.15) is 0 Å². The van der Waals surface area contributed by atoms with Crippen molar-refractivity contribution in [1.82, 2.24) is 4.98 Å². The lowest BCUT2D eigenvalue weighted by atomic mass is 10.1. The zero-order chi connectivity index (χ0) is 13.8. The quantitative estimate of drug-likeness (QED) is 0.621. The first-order valence-corrected chi connectivity index (χ1v) is 5.94. The van der Waals surface area contributed by atoms with Gasteiger partial charge < -0.3 is 10.2 Å². The topological polar surface area (TPSA) is 87.5 Å². The molecule has 0 atom stereocenters. The van der Waals surface area contributed by atoms with Crippen LogP contribution in [-0.2, 0) is 16.0 Å². The number of carboxylic acid groups (broad SMARTS) is 2. The molecule has 1 rings (SSSR count). The number of hydrogen-bond donors (Lipinski definition) is 2. The van der Waals surface area contributed by atoms with Crippen LogP contribution in [0, 0.1) is 0 Å². The zero-order valence-electron chi connectivity index (χ0n) is 10.5. The Bertz CT molecular complexity index is 339. The molecule has 1 heterocycles. The van der Waals surface area contributed by atoms with Crippen molar-refractivity contribution in [1.29, 1.82) is 0 Å². The van der Waals surface area contributed by atoms with Gasteiger partial charge in [-0.25, -0.2) is 9.59 Å². The van der Waals surface area contributed by atoms with E-state index >= 15 is 0 Å². The van der Waals surface area contributed by atoms with Gasteiger partial charge in [-0.3, -0.25) is 4.98 Å². The number of nitrogens with zero attached hydrogens (tertiary/aromatic N) is 1. The van der Waals surface area contributed by atoms with E-state index in [9.17, 15) is 0 Å². The first kappa shape index (κ1) is 16.1. The van der Waals surface area contributed by atoms with E-state index in [4.69, 9.17) is 19.8 Å². The van der Waals surface area contributed by atoms with Crippen molar-refractivity contribution in [3.63, 3.8) is 0 Å². The van der Waals surface area contributed by atoms with Gasteiger partial charge in [-0.15, -0.1) is 0 Å². The molecule has 0 fully saturated rings. The number of unbranched alkanes of at least 4 members (excludes halogenated alkanes) is 3. The molecule has 0 spiro atoms. The second-order valence-corrected chi connectivity index (χ2v) is 3.74. The summed E-state index contributed by atoms with van der Waals surface area (Å²) in [6.07, 6.45) is 8.29. The van der Waals surface area contributed by atoms with Crippen LogP contribution >= 0.6 is 0 Å². The van der Waals surface area contributed by atoms with E-state index in [0.717, 1.165) is 6.42 Å². The van der Waals surface area contributed by atoms with E-state index in [1.165, 1.54) is 31.4 Å². The minimum Gasteiger partial charge on any atom is -0.473 e. The molecule has 0 saturated heterocycles. The van der Waals surface area contributed by atoms with Crippen LogP contribution in [0.4, 0.5) is 0 Å². The molecule has 0 amide bonds. The highest BCUT2D eigenvalue weighted by Crippen LogP contribution is 2.04. The number of rotatable bonds is 5. The predicted molar refractivity (Wildman–Crippen MR) is 67.4 cm³/mol. The lowest BCUT2D eigenvalue weighted by molar-refractivity contribution is -0.159. The van der Waals surface area contributed by atoms with Crippen LogP contribution in [0.15, 0.2) is 24.4 Å². The molecule has 2 N–H and O–H groups in total. The molecule has 0 aliphatic carbocycles. The van der Waals surface area contributed by atoms with Crippen molar-refractivity contribution in [2.24, 2.45) is 0 Å². The molecule has 1 aromatic heterocycles. The van der Waals surface area contributed by atoms with Crippen LogP contribution in [0.2, 0.25) is 0 Å². The monoisotopic (exact) mass is 253 g/mol. The van der Waals surface area contributed by atoms with Gasteiger partial charge >= 0.3 is 11.9 Å². The maximum absolute atomic E-state index is 9.10.